The Morgan fingerprint density at radius 3 is 2.47 bits per heavy atom. The van der Waals surface area contributed by atoms with E-state index in [1.165, 1.54) is 0 Å². The molecule has 3 nitrogen and oxygen atoms in total. The molecule has 1 N–H and O–H groups in total. The molecule has 2 aliphatic rings. The molecule has 1 fully saturated rings. The van der Waals surface area contributed by atoms with Crippen molar-refractivity contribution < 1.29 is 4.79 Å². The van der Waals surface area contributed by atoms with Gasteiger partial charge in [-0.25, -0.2) is 0 Å². The molecule has 0 aromatic heterocycles. The van der Waals surface area contributed by atoms with E-state index in [2.05, 4.69) is 26.2 Å². The van der Waals surface area contributed by atoms with E-state index in [0.717, 1.165) is 41.6 Å². The van der Waals surface area contributed by atoms with Crippen molar-refractivity contribution in [3.8, 4) is 0 Å². The number of hydrogen-bond acceptors (Lipinski definition) is 2. The van der Waals surface area contributed by atoms with Crippen LogP contribution in [0.3, 0.4) is 0 Å². The van der Waals surface area contributed by atoms with Crippen molar-refractivity contribution in [1.82, 2.24) is 5.32 Å². The topological polar surface area (TPSA) is 41.5 Å². The van der Waals surface area contributed by atoms with E-state index in [4.69, 9.17) is 0 Å². The SMILES string of the molecule is O=C1NC(c2ccc(Br)cc2)=NC12CCCC2. The van der Waals surface area contributed by atoms with Crippen molar-refractivity contribution in [2.24, 2.45) is 4.99 Å². The number of nitrogens with zero attached hydrogens (tertiary/aromatic N) is 1. The van der Waals surface area contributed by atoms with E-state index < -0.39 is 5.54 Å². The van der Waals surface area contributed by atoms with Crippen LogP contribution in [0.4, 0.5) is 0 Å². The number of aliphatic imine (C=N–C) groups is 1. The number of amides is 1. The van der Waals surface area contributed by atoms with Crippen LogP contribution >= 0.6 is 15.9 Å². The van der Waals surface area contributed by atoms with Gasteiger partial charge in [-0.1, -0.05) is 40.9 Å². The van der Waals surface area contributed by atoms with Gasteiger partial charge in [0.05, 0.1) is 0 Å². The number of carbonyl (C=O) groups excluding carboxylic acids is 1. The van der Waals surface area contributed by atoms with Crippen molar-refractivity contribution in [1.29, 1.82) is 0 Å². The molecule has 0 bridgehead atoms. The van der Waals surface area contributed by atoms with Crippen LogP contribution in [-0.4, -0.2) is 17.3 Å². The molecule has 88 valence electrons. The van der Waals surface area contributed by atoms with Gasteiger partial charge in [-0.05, 0) is 25.0 Å². The normalized spacial score (nSPS) is 21.7. The lowest BCUT2D eigenvalue weighted by atomic mass is 9.99. The molecule has 1 amide bonds. The fraction of sp³-hybridized carbons (Fsp3) is 0.385. The molecule has 0 unspecified atom stereocenters. The summed E-state index contributed by atoms with van der Waals surface area (Å²) in [5.41, 5.74) is 0.521. The third kappa shape index (κ3) is 1.80. The third-order valence-electron chi connectivity index (χ3n) is 3.53. The number of rotatable bonds is 1. The summed E-state index contributed by atoms with van der Waals surface area (Å²) in [7, 11) is 0. The molecule has 4 heteroatoms. The van der Waals surface area contributed by atoms with Crippen molar-refractivity contribution in [3.05, 3.63) is 34.3 Å². The Labute approximate surface area is 108 Å². The molecule has 0 saturated heterocycles. The average molecular weight is 293 g/mol. The van der Waals surface area contributed by atoms with Gasteiger partial charge in [-0.2, -0.15) is 0 Å². The van der Waals surface area contributed by atoms with Gasteiger partial charge in [-0.3, -0.25) is 9.79 Å². The van der Waals surface area contributed by atoms with Crippen LogP contribution in [0.15, 0.2) is 33.7 Å². The van der Waals surface area contributed by atoms with Crippen LogP contribution in [0.1, 0.15) is 31.2 Å². The lowest BCUT2D eigenvalue weighted by Crippen LogP contribution is -2.37. The van der Waals surface area contributed by atoms with Crippen LogP contribution in [0.2, 0.25) is 0 Å². The number of carbonyl (C=O) groups is 1. The first-order chi connectivity index (χ1) is 8.20. The highest BCUT2D eigenvalue weighted by atomic mass is 79.9. The van der Waals surface area contributed by atoms with Gasteiger partial charge in [0.15, 0.2) is 0 Å². The minimum Gasteiger partial charge on any atom is -0.308 e. The molecule has 1 aromatic carbocycles. The summed E-state index contributed by atoms with van der Waals surface area (Å²) < 4.78 is 1.03. The van der Waals surface area contributed by atoms with E-state index >= 15 is 0 Å². The van der Waals surface area contributed by atoms with Crippen LogP contribution in [0.5, 0.6) is 0 Å². The van der Waals surface area contributed by atoms with Crippen LogP contribution in [-0.2, 0) is 4.79 Å². The predicted octanol–water partition coefficient (Wildman–Crippen LogP) is 2.64. The van der Waals surface area contributed by atoms with Gasteiger partial charge in [0.25, 0.3) is 5.91 Å². The van der Waals surface area contributed by atoms with E-state index in [9.17, 15) is 4.79 Å². The molecule has 1 aliphatic heterocycles. The molecule has 17 heavy (non-hydrogen) atoms. The number of nitrogens with one attached hydrogen (secondary N) is 1. The summed E-state index contributed by atoms with van der Waals surface area (Å²) in [6.45, 7) is 0. The summed E-state index contributed by atoms with van der Waals surface area (Å²) in [6, 6.07) is 7.86. The summed E-state index contributed by atoms with van der Waals surface area (Å²) in [5, 5.41) is 2.92. The zero-order valence-corrected chi connectivity index (χ0v) is 11.0. The molecule has 1 spiro atoms. The Bertz CT molecular complexity index is 487. The molecule has 3 rings (SSSR count). The molecule has 1 aromatic rings. The average Bonchev–Trinajstić information content (AvgIpc) is 2.90. The van der Waals surface area contributed by atoms with Gasteiger partial charge in [0.2, 0.25) is 0 Å². The van der Waals surface area contributed by atoms with Gasteiger partial charge >= 0.3 is 0 Å². The zero-order valence-electron chi connectivity index (χ0n) is 9.37. The maximum atomic E-state index is 12.0. The summed E-state index contributed by atoms with van der Waals surface area (Å²) in [4.78, 5) is 16.7. The monoisotopic (exact) mass is 292 g/mol. The van der Waals surface area contributed by atoms with E-state index in [-0.39, 0.29) is 5.91 Å². The van der Waals surface area contributed by atoms with Crippen molar-refractivity contribution in [2.75, 3.05) is 0 Å². The first-order valence-corrected chi connectivity index (χ1v) is 6.66. The Balaban J connectivity index is 1.95. The maximum absolute atomic E-state index is 12.0. The maximum Gasteiger partial charge on any atom is 0.253 e. The summed E-state index contributed by atoms with van der Waals surface area (Å²) >= 11 is 3.40. The van der Waals surface area contributed by atoms with Crippen LogP contribution < -0.4 is 5.32 Å². The summed E-state index contributed by atoms with van der Waals surface area (Å²) in [5.74, 6) is 0.803. The second-order valence-corrected chi connectivity index (χ2v) is 5.58. The van der Waals surface area contributed by atoms with Crippen LogP contribution in [0, 0.1) is 0 Å². The Morgan fingerprint density at radius 2 is 1.82 bits per heavy atom. The largest absolute Gasteiger partial charge is 0.308 e. The molecule has 0 radical (unpaired) electrons. The Kier molecular flexibility index (Phi) is 2.54. The standard InChI is InChI=1S/C13H13BrN2O/c14-10-5-3-9(4-6-10)11-15-12(17)13(16-11)7-1-2-8-13/h3-6H,1-2,7-8H2,(H,15,16,17). The highest BCUT2D eigenvalue weighted by molar-refractivity contribution is 9.10. The highest BCUT2D eigenvalue weighted by Gasteiger charge is 2.45. The fourth-order valence-electron chi connectivity index (χ4n) is 2.56. The third-order valence-corrected chi connectivity index (χ3v) is 4.06. The van der Waals surface area contributed by atoms with Gasteiger partial charge in [0.1, 0.15) is 11.4 Å². The molecular weight excluding hydrogens is 280 g/mol. The fourth-order valence-corrected chi connectivity index (χ4v) is 2.82. The predicted molar refractivity (Wildman–Crippen MR) is 70.0 cm³/mol. The van der Waals surface area contributed by atoms with E-state index in [1.54, 1.807) is 0 Å². The molecule has 1 aliphatic carbocycles. The number of halogens is 1. The summed E-state index contributed by atoms with van der Waals surface area (Å²) in [6.07, 6.45) is 3.98. The first-order valence-electron chi connectivity index (χ1n) is 5.87. The molecule has 1 heterocycles. The lowest BCUT2D eigenvalue weighted by Gasteiger charge is -2.14. The lowest BCUT2D eigenvalue weighted by molar-refractivity contribution is -0.123. The van der Waals surface area contributed by atoms with Gasteiger partial charge < -0.3 is 5.32 Å². The van der Waals surface area contributed by atoms with Crippen LogP contribution in [0.25, 0.3) is 0 Å². The van der Waals surface area contributed by atoms with Gasteiger partial charge in [0, 0.05) is 10.0 Å². The highest BCUT2D eigenvalue weighted by Crippen LogP contribution is 2.36. The second-order valence-electron chi connectivity index (χ2n) is 4.66. The number of amidine groups is 1. The minimum absolute atomic E-state index is 0.0768. The molecule has 0 atom stereocenters. The quantitative estimate of drug-likeness (QED) is 0.849. The second kappa shape index (κ2) is 3.95. The van der Waals surface area contributed by atoms with E-state index in [1.807, 2.05) is 24.3 Å². The Morgan fingerprint density at radius 1 is 1.18 bits per heavy atom. The molecule has 1 saturated carbocycles. The van der Waals surface area contributed by atoms with Crippen molar-refractivity contribution in [2.45, 2.75) is 31.2 Å². The van der Waals surface area contributed by atoms with E-state index in [0.29, 0.717) is 0 Å². The van der Waals surface area contributed by atoms with Crippen molar-refractivity contribution >= 4 is 27.7 Å². The minimum atomic E-state index is -0.456. The smallest absolute Gasteiger partial charge is 0.253 e. The number of benzene rings is 1. The number of hydrogen-bond donors (Lipinski definition) is 1. The zero-order chi connectivity index (χ0) is 11.9. The van der Waals surface area contributed by atoms with Gasteiger partial charge in [-0.15, -0.1) is 0 Å². The first kappa shape index (κ1) is 11.0. The van der Waals surface area contributed by atoms with Crippen molar-refractivity contribution in [3.63, 3.8) is 0 Å². The Hall–Kier alpha value is -1.16. The molecular formula is C13H13BrN2O.